The highest BCUT2D eigenvalue weighted by molar-refractivity contribution is 8.13. The molecule has 0 fully saturated rings. The van der Waals surface area contributed by atoms with Gasteiger partial charge in [0.05, 0.1) is 13.1 Å². The fourth-order valence-electron chi connectivity index (χ4n) is 1.13. The van der Waals surface area contributed by atoms with Crippen LogP contribution in [-0.4, -0.2) is 40.9 Å². The van der Waals surface area contributed by atoms with Gasteiger partial charge in [-0.15, -0.1) is 0 Å². The molecule has 0 bridgehead atoms. The van der Waals surface area contributed by atoms with Crippen LogP contribution in [0.1, 0.15) is 39.5 Å². The molecule has 0 atom stereocenters. The number of quaternary nitrogens is 1. The van der Waals surface area contributed by atoms with E-state index in [9.17, 15) is 43.2 Å². The molecule has 0 aromatic carbocycles. The minimum absolute atomic E-state index is 0.778. The first-order chi connectivity index (χ1) is 10.6. The lowest BCUT2D eigenvalue weighted by Gasteiger charge is -2.22. The van der Waals surface area contributed by atoms with Gasteiger partial charge in [-0.2, -0.15) is 26.3 Å². The van der Waals surface area contributed by atoms with E-state index in [-0.39, 0.29) is 0 Å². The van der Waals surface area contributed by atoms with Crippen molar-refractivity contribution in [3.05, 3.63) is 4.13 Å². The summed E-state index contributed by atoms with van der Waals surface area (Å²) < 4.78 is 109. The molecule has 148 valence electrons. The zero-order chi connectivity index (χ0) is 19.7. The van der Waals surface area contributed by atoms with E-state index in [0.717, 1.165) is 4.13 Å². The maximum atomic E-state index is 11.4. The largest absolute Gasteiger partial charge is 0.480 e. The number of nitrogens with zero attached hydrogens (tertiary/aromatic N) is 1. The molecule has 0 aromatic rings. The van der Waals surface area contributed by atoms with Crippen molar-refractivity contribution in [2.24, 2.45) is 0 Å². The van der Waals surface area contributed by atoms with Gasteiger partial charge in [0, 0.05) is 0 Å². The van der Waals surface area contributed by atoms with Crippen molar-refractivity contribution in [2.75, 3.05) is 13.1 Å². The van der Waals surface area contributed by atoms with E-state index in [1.807, 2.05) is 0 Å². The van der Waals surface area contributed by atoms with E-state index in [4.69, 9.17) is 0 Å². The maximum absolute atomic E-state index is 11.4. The monoisotopic (exact) mass is 410 g/mol. The summed E-state index contributed by atoms with van der Waals surface area (Å²) in [5, 5.41) is 2.37. The van der Waals surface area contributed by atoms with Gasteiger partial charge in [0.1, 0.15) is 0 Å². The summed E-state index contributed by atoms with van der Waals surface area (Å²) in [5.41, 5.74) is -12.4. The second-order valence-corrected chi connectivity index (χ2v) is 7.88. The Morgan fingerprint density at radius 3 is 1.50 bits per heavy atom. The molecule has 6 nitrogen and oxygen atoms in total. The van der Waals surface area contributed by atoms with E-state index >= 15 is 0 Å². The number of sulfonamides is 2. The van der Waals surface area contributed by atoms with Gasteiger partial charge >= 0.3 is 11.0 Å². The summed E-state index contributed by atoms with van der Waals surface area (Å²) in [5.74, 6) is 0. The predicted octanol–water partition coefficient (Wildman–Crippen LogP) is 2.21. The molecule has 0 aliphatic rings. The van der Waals surface area contributed by atoms with E-state index in [0.29, 0.717) is 0 Å². The van der Waals surface area contributed by atoms with Crippen LogP contribution in [0.5, 0.6) is 0 Å². The highest BCUT2D eigenvalue weighted by Crippen LogP contribution is 2.36. The summed E-state index contributed by atoms with van der Waals surface area (Å²) in [6, 6.07) is 0. The fraction of sp³-hybridized carbons (Fsp3) is 1.00. The third-order valence-electron chi connectivity index (χ3n) is 2.33. The Hall–Kier alpha value is -0.600. The van der Waals surface area contributed by atoms with Crippen LogP contribution < -0.4 is 5.32 Å². The van der Waals surface area contributed by atoms with Crippen LogP contribution in [0, 0.1) is 0 Å². The van der Waals surface area contributed by atoms with Crippen LogP contribution in [0.3, 0.4) is 0 Å². The van der Waals surface area contributed by atoms with Crippen LogP contribution in [0.25, 0.3) is 4.13 Å². The number of hydrogen-bond acceptors (Lipinski definition) is 4. The molecule has 0 radical (unpaired) electrons. The Labute approximate surface area is 137 Å². The lowest BCUT2D eigenvalue weighted by atomic mass is 10.2. The minimum atomic E-state index is -6.72. The van der Waals surface area contributed by atoms with E-state index in [1.54, 1.807) is 0 Å². The molecule has 0 saturated carbocycles. The Kier molecular flexibility index (Phi) is 11.1. The highest BCUT2D eigenvalue weighted by Gasteiger charge is 2.46. The van der Waals surface area contributed by atoms with Crippen LogP contribution in [0.15, 0.2) is 0 Å². The maximum Gasteiger partial charge on any atom is 0.480 e. The van der Waals surface area contributed by atoms with Gasteiger partial charge in [0.25, 0.3) is 0 Å². The quantitative estimate of drug-likeness (QED) is 0.490. The molecule has 24 heavy (non-hydrogen) atoms. The van der Waals surface area contributed by atoms with Crippen molar-refractivity contribution in [1.29, 1.82) is 0 Å². The van der Waals surface area contributed by atoms with Gasteiger partial charge in [0.2, 0.25) is 0 Å². The molecule has 14 heteroatoms. The molecule has 0 aromatic heterocycles. The minimum Gasteiger partial charge on any atom is -0.421 e. The molecule has 0 unspecified atom stereocenters. The lowest BCUT2D eigenvalue weighted by molar-refractivity contribution is -0.652. The number of nitrogens with two attached hydrogens (primary N) is 1. The topological polar surface area (TPSA) is 99.0 Å². The number of rotatable bonds is 8. The second kappa shape index (κ2) is 10.4. The molecular formula is C10H20F6N2O4S2. The summed E-state index contributed by atoms with van der Waals surface area (Å²) in [6.07, 6.45) is 5.60. The van der Waals surface area contributed by atoms with Gasteiger partial charge in [-0.25, -0.2) is 16.8 Å². The summed E-state index contributed by atoms with van der Waals surface area (Å²) in [7, 11) is -13.4. The van der Waals surface area contributed by atoms with Crippen LogP contribution in [0.4, 0.5) is 26.3 Å². The summed E-state index contributed by atoms with van der Waals surface area (Å²) in [4.78, 5) is 0. The first kappa shape index (κ1) is 25.6. The molecular weight excluding hydrogens is 390 g/mol. The van der Waals surface area contributed by atoms with Crippen molar-refractivity contribution >= 4 is 20.0 Å². The average Bonchev–Trinajstić information content (AvgIpc) is 2.35. The molecule has 0 aliphatic carbocycles. The molecule has 0 aliphatic heterocycles. The molecule has 0 heterocycles. The van der Waals surface area contributed by atoms with Gasteiger partial charge in [0.15, 0.2) is 20.0 Å². The standard InChI is InChI=1S/C8H19N.C2F6NO4S2/c1-3-5-6-7-8-9-4-2;3-1(4,5)14(10,11)9-15(12,13)2(6,7)8/h9H,3-8H2,1-2H3;/q;-1/p+1. The van der Waals surface area contributed by atoms with E-state index in [1.165, 1.54) is 38.8 Å². The van der Waals surface area contributed by atoms with Crippen LogP contribution in [0.2, 0.25) is 0 Å². The predicted molar refractivity (Wildman–Crippen MR) is 74.8 cm³/mol. The van der Waals surface area contributed by atoms with E-state index < -0.39 is 31.1 Å². The molecule has 0 rings (SSSR count). The number of alkyl halides is 6. The number of unbranched alkanes of at least 4 members (excludes halogenated alkanes) is 3. The first-order valence-electron chi connectivity index (χ1n) is 6.80. The zero-order valence-corrected chi connectivity index (χ0v) is 14.6. The third kappa shape index (κ3) is 10.3. The average molecular weight is 410 g/mol. The normalized spacial score (nSPS) is 13.3. The fourth-order valence-corrected chi connectivity index (χ4v) is 2.84. The van der Waals surface area contributed by atoms with Crippen LogP contribution in [-0.2, 0) is 20.0 Å². The third-order valence-corrected chi connectivity index (χ3v) is 5.07. The van der Waals surface area contributed by atoms with Gasteiger partial charge in [-0.3, -0.25) is 0 Å². The zero-order valence-electron chi connectivity index (χ0n) is 13.0. The van der Waals surface area contributed by atoms with Crippen molar-refractivity contribution in [3.8, 4) is 0 Å². The van der Waals surface area contributed by atoms with Gasteiger partial charge in [-0.05, 0) is 19.8 Å². The Bertz CT molecular complexity index is 495. The molecule has 0 amide bonds. The van der Waals surface area contributed by atoms with E-state index in [2.05, 4.69) is 19.2 Å². The van der Waals surface area contributed by atoms with Gasteiger partial charge < -0.3 is 9.44 Å². The Balaban J connectivity index is 0. The Morgan fingerprint density at radius 2 is 1.21 bits per heavy atom. The van der Waals surface area contributed by atoms with Crippen molar-refractivity contribution < 1.29 is 48.5 Å². The lowest BCUT2D eigenvalue weighted by Crippen LogP contribution is -2.83. The molecule has 0 spiro atoms. The Morgan fingerprint density at radius 1 is 0.792 bits per heavy atom. The highest BCUT2D eigenvalue weighted by atomic mass is 32.3. The van der Waals surface area contributed by atoms with Crippen LogP contribution >= 0.6 is 0 Å². The van der Waals surface area contributed by atoms with Crippen molar-refractivity contribution in [3.63, 3.8) is 0 Å². The summed E-state index contributed by atoms with van der Waals surface area (Å²) in [6.45, 7) is 7.03. The van der Waals surface area contributed by atoms with Crippen molar-refractivity contribution in [1.82, 2.24) is 0 Å². The SMILES string of the molecule is CCCCCC[NH2+]CC.O=S(=O)([N-]S(=O)(=O)C(F)(F)F)C(F)(F)F. The molecule has 0 saturated heterocycles. The smallest absolute Gasteiger partial charge is 0.421 e. The first-order valence-corrected chi connectivity index (χ1v) is 9.68. The second-order valence-electron chi connectivity index (χ2n) is 4.46. The summed E-state index contributed by atoms with van der Waals surface area (Å²) >= 11 is 0. The van der Waals surface area contributed by atoms with Crippen molar-refractivity contribution in [2.45, 2.75) is 50.5 Å². The van der Waals surface area contributed by atoms with Gasteiger partial charge in [-0.1, -0.05) is 19.8 Å². The number of hydrogen-bond donors (Lipinski definition) is 1. The molecule has 2 N–H and O–H groups in total. The number of halogens is 6.